The van der Waals surface area contributed by atoms with Gasteiger partial charge in [0.05, 0.1) is 18.1 Å². The molecule has 60 valence electrons. The Morgan fingerprint density at radius 3 is 2.75 bits per heavy atom. The van der Waals surface area contributed by atoms with Crippen molar-refractivity contribution in [2.45, 2.75) is 0 Å². The molecule has 3 nitrogen and oxygen atoms in total. The Bertz CT molecular complexity index is 369. The van der Waals surface area contributed by atoms with Crippen LogP contribution in [0.5, 0.6) is 0 Å². The Morgan fingerprint density at radius 1 is 1.25 bits per heavy atom. The highest BCUT2D eigenvalue weighted by molar-refractivity contribution is 9.10. The zero-order chi connectivity index (χ0) is 8.39. The van der Waals surface area contributed by atoms with Gasteiger partial charge in [0.2, 0.25) is 0 Å². The number of hydrogen-bond acceptors (Lipinski definition) is 2. The first-order valence-corrected chi connectivity index (χ1v) is 4.27. The number of hydrogen-bond donors (Lipinski definition) is 0. The average Bonchev–Trinajstić information content (AvgIpc) is 2.53. The topological polar surface area (TPSA) is 30.7 Å². The molecule has 0 aromatic carbocycles. The van der Waals surface area contributed by atoms with Gasteiger partial charge in [-0.25, -0.2) is 4.68 Å². The zero-order valence-electron chi connectivity index (χ0n) is 6.18. The highest BCUT2D eigenvalue weighted by atomic mass is 79.9. The first-order chi connectivity index (χ1) is 5.88. The van der Waals surface area contributed by atoms with Crippen LogP contribution in [0.3, 0.4) is 0 Å². The Kier molecular flexibility index (Phi) is 1.91. The van der Waals surface area contributed by atoms with Crippen LogP contribution in [0, 0.1) is 0 Å². The number of rotatable bonds is 1. The van der Waals surface area contributed by atoms with Crippen LogP contribution >= 0.6 is 15.9 Å². The minimum absolute atomic E-state index is 0.926. The lowest BCUT2D eigenvalue weighted by molar-refractivity contribution is 0.855. The molecule has 0 bridgehead atoms. The van der Waals surface area contributed by atoms with Gasteiger partial charge >= 0.3 is 0 Å². The summed E-state index contributed by atoms with van der Waals surface area (Å²) in [6, 6.07) is 5.71. The van der Waals surface area contributed by atoms with Gasteiger partial charge in [0, 0.05) is 6.20 Å². The Morgan fingerprint density at radius 2 is 2.17 bits per heavy atom. The lowest BCUT2D eigenvalue weighted by Crippen LogP contribution is -1.95. The fourth-order valence-corrected chi connectivity index (χ4v) is 1.37. The van der Waals surface area contributed by atoms with Crippen LogP contribution in [0.1, 0.15) is 0 Å². The number of halogens is 1. The average molecular weight is 224 g/mol. The summed E-state index contributed by atoms with van der Waals surface area (Å²) in [7, 11) is 0. The predicted molar refractivity (Wildman–Crippen MR) is 49.1 cm³/mol. The number of aromatic nitrogens is 3. The summed E-state index contributed by atoms with van der Waals surface area (Å²) in [5, 5.41) is 4.12. The van der Waals surface area contributed by atoms with Crippen molar-refractivity contribution in [1.29, 1.82) is 0 Å². The number of pyridine rings is 1. The Balaban J connectivity index is 2.51. The van der Waals surface area contributed by atoms with E-state index in [1.807, 2.05) is 18.2 Å². The fourth-order valence-electron chi connectivity index (χ4n) is 0.956. The third-order valence-corrected chi connectivity index (χ3v) is 2.09. The van der Waals surface area contributed by atoms with E-state index in [2.05, 4.69) is 26.0 Å². The molecule has 0 radical (unpaired) electrons. The highest BCUT2D eigenvalue weighted by Gasteiger charge is 1.99. The molecule has 2 aromatic heterocycles. The molecule has 2 aromatic rings. The molecule has 0 unspecified atom stereocenters. The molecule has 4 heteroatoms. The molecule has 0 saturated carbocycles. The first-order valence-electron chi connectivity index (χ1n) is 3.48. The first kappa shape index (κ1) is 7.49. The highest BCUT2D eigenvalue weighted by Crippen LogP contribution is 2.13. The van der Waals surface area contributed by atoms with Crippen molar-refractivity contribution in [3.05, 3.63) is 41.4 Å². The summed E-state index contributed by atoms with van der Waals surface area (Å²) in [6.07, 6.45) is 5.23. The van der Waals surface area contributed by atoms with Crippen LogP contribution in [0.4, 0.5) is 0 Å². The van der Waals surface area contributed by atoms with E-state index in [1.54, 1.807) is 23.3 Å². The van der Waals surface area contributed by atoms with E-state index in [4.69, 9.17) is 0 Å². The molecule has 0 atom stereocenters. The third-order valence-electron chi connectivity index (χ3n) is 1.49. The van der Waals surface area contributed by atoms with Crippen LogP contribution < -0.4 is 0 Å². The van der Waals surface area contributed by atoms with E-state index in [0.29, 0.717) is 0 Å². The maximum absolute atomic E-state index is 4.12. The van der Waals surface area contributed by atoms with Gasteiger partial charge in [0.25, 0.3) is 0 Å². The van der Waals surface area contributed by atoms with E-state index in [0.717, 1.165) is 10.3 Å². The lowest BCUT2D eigenvalue weighted by Gasteiger charge is -2.00. The molecule has 12 heavy (non-hydrogen) atoms. The third kappa shape index (κ3) is 1.25. The largest absolute Gasteiger partial charge is 0.262 e. The molecular formula is C8H6BrN3. The molecule has 0 aliphatic carbocycles. The van der Waals surface area contributed by atoms with Crippen LogP contribution in [0.25, 0.3) is 5.69 Å². The predicted octanol–water partition coefficient (Wildman–Crippen LogP) is 2.03. The van der Waals surface area contributed by atoms with E-state index in [1.165, 1.54) is 0 Å². The quantitative estimate of drug-likeness (QED) is 0.741. The van der Waals surface area contributed by atoms with Crippen molar-refractivity contribution < 1.29 is 0 Å². The molecule has 0 fully saturated rings. The maximum Gasteiger partial charge on any atom is 0.109 e. The second kappa shape index (κ2) is 3.06. The molecule has 0 saturated heterocycles. The zero-order valence-corrected chi connectivity index (χ0v) is 7.77. The van der Waals surface area contributed by atoms with Gasteiger partial charge in [0.15, 0.2) is 0 Å². The Labute approximate surface area is 78.2 Å². The van der Waals surface area contributed by atoms with Crippen molar-refractivity contribution in [2.75, 3.05) is 0 Å². The van der Waals surface area contributed by atoms with E-state index >= 15 is 0 Å². The van der Waals surface area contributed by atoms with E-state index in [9.17, 15) is 0 Å². The smallest absolute Gasteiger partial charge is 0.109 e. The monoisotopic (exact) mass is 223 g/mol. The normalized spacial score (nSPS) is 10.1. The van der Waals surface area contributed by atoms with Crippen molar-refractivity contribution in [1.82, 2.24) is 14.8 Å². The van der Waals surface area contributed by atoms with Gasteiger partial charge < -0.3 is 0 Å². The summed E-state index contributed by atoms with van der Waals surface area (Å²) < 4.78 is 2.70. The summed E-state index contributed by atoms with van der Waals surface area (Å²) in [5.74, 6) is 0. The summed E-state index contributed by atoms with van der Waals surface area (Å²) in [5.41, 5.74) is 0.953. The van der Waals surface area contributed by atoms with Gasteiger partial charge in [0.1, 0.15) is 4.60 Å². The molecule has 0 aliphatic heterocycles. The van der Waals surface area contributed by atoms with Crippen LogP contribution in [-0.2, 0) is 0 Å². The minimum Gasteiger partial charge on any atom is -0.262 e. The van der Waals surface area contributed by atoms with Crippen LogP contribution in [-0.4, -0.2) is 14.8 Å². The summed E-state index contributed by atoms with van der Waals surface area (Å²) >= 11 is 3.38. The standard InChI is InChI=1S/C8H6BrN3/c9-8-3-5-11-12(8)7-2-1-4-10-6-7/h1-6H. The Hall–Kier alpha value is -1.16. The van der Waals surface area contributed by atoms with Gasteiger partial charge in [-0.2, -0.15) is 5.10 Å². The summed E-state index contributed by atoms with van der Waals surface area (Å²) in [4.78, 5) is 4.00. The summed E-state index contributed by atoms with van der Waals surface area (Å²) in [6.45, 7) is 0. The number of nitrogens with zero attached hydrogens (tertiary/aromatic N) is 3. The SMILES string of the molecule is Brc1ccnn1-c1cccnc1. The van der Waals surface area contributed by atoms with Crippen molar-refractivity contribution in [3.8, 4) is 5.69 Å². The molecule has 0 N–H and O–H groups in total. The molecular weight excluding hydrogens is 218 g/mol. The molecule has 0 amide bonds. The molecule has 2 rings (SSSR count). The van der Waals surface area contributed by atoms with Gasteiger partial charge in [-0.05, 0) is 34.1 Å². The maximum atomic E-state index is 4.12. The van der Waals surface area contributed by atoms with Crippen LogP contribution in [0.2, 0.25) is 0 Å². The molecule has 0 spiro atoms. The molecule has 0 aliphatic rings. The van der Waals surface area contributed by atoms with Crippen molar-refractivity contribution >= 4 is 15.9 Å². The van der Waals surface area contributed by atoms with E-state index < -0.39 is 0 Å². The molecule has 2 heterocycles. The van der Waals surface area contributed by atoms with Crippen LogP contribution in [0.15, 0.2) is 41.4 Å². The van der Waals surface area contributed by atoms with Gasteiger partial charge in [-0.3, -0.25) is 4.98 Å². The van der Waals surface area contributed by atoms with Gasteiger partial charge in [-0.1, -0.05) is 0 Å². The van der Waals surface area contributed by atoms with Crippen molar-refractivity contribution in [2.24, 2.45) is 0 Å². The van der Waals surface area contributed by atoms with E-state index in [-0.39, 0.29) is 0 Å². The fraction of sp³-hybridized carbons (Fsp3) is 0. The lowest BCUT2D eigenvalue weighted by atomic mass is 10.4. The van der Waals surface area contributed by atoms with Crippen molar-refractivity contribution in [3.63, 3.8) is 0 Å². The van der Waals surface area contributed by atoms with Gasteiger partial charge in [-0.15, -0.1) is 0 Å². The second-order valence-electron chi connectivity index (χ2n) is 2.28. The second-order valence-corrected chi connectivity index (χ2v) is 3.09. The minimum atomic E-state index is 0.926.